The number of nitrogens with one attached hydrogen (secondary N) is 1. The first-order valence-electron chi connectivity index (χ1n) is 6.68. The van der Waals surface area contributed by atoms with Gasteiger partial charge in [0.05, 0.1) is 0 Å². The average molecular weight is 250 g/mol. The van der Waals surface area contributed by atoms with Crippen LogP contribution in [0.5, 0.6) is 0 Å². The number of hydrogen-bond acceptors (Lipinski definition) is 4. The van der Waals surface area contributed by atoms with Gasteiger partial charge in [0, 0.05) is 24.3 Å². The van der Waals surface area contributed by atoms with E-state index in [0.29, 0.717) is 12.0 Å². The SMILES string of the molecule is CCc1cc(NC(CN(C)C)C(C)C)nc(C)n1. The summed E-state index contributed by atoms with van der Waals surface area (Å²) in [4.78, 5) is 11.1. The first-order valence-corrected chi connectivity index (χ1v) is 6.68. The summed E-state index contributed by atoms with van der Waals surface area (Å²) in [5, 5.41) is 3.53. The van der Waals surface area contributed by atoms with Crippen LogP contribution in [-0.4, -0.2) is 41.5 Å². The van der Waals surface area contributed by atoms with Crippen LogP contribution in [0.15, 0.2) is 6.07 Å². The number of nitrogens with zero attached hydrogens (tertiary/aromatic N) is 3. The molecule has 4 heteroatoms. The molecule has 0 fully saturated rings. The van der Waals surface area contributed by atoms with Crippen molar-refractivity contribution in [1.29, 1.82) is 0 Å². The van der Waals surface area contributed by atoms with E-state index in [1.165, 1.54) is 0 Å². The minimum Gasteiger partial charge on any atom is -0.366 e. The van der Waals surface area contributed by atoms with E-state index in [0.717, 1.165) is 30.3 Å². The van der Waals surface area contributed by atoms with Gasteiger partial charge in [-0.15, -0.1) is 0 Å². The Morgan fingerprint density at radius 2 is 1.94 bits per heavy atom. The molecule has 18 heavy (non-hydrogen) atoms. The molecule has 0 bridgehead atoms. The van der Waals surface area contributed by atoms with E-state index in [4.69, 9.17) is 0 Å². The highest BCUT2D eigenvalue weighted by Gasteiger charge is 2.15. The zero-order valence-electron chi connectivity index (χ0n) is 12.5. The van der Waals surface area contributed by atoms with E-state index in [-0.39, 0.29) is 0 Å². The standard InChI is InChI=1S/C14H26N4/c1-7-12-8-14(16-11(4)15-12)17-13(10(2)3)9-18(5)6/h8,10,13H,7,9H2,1-6H3,(H,15,16,17). The second kappa shape index (κ2) is 6.69. The van der Waals surface area contributed by atoms with Crippen molar-refractivity contribution < 1.29 is 0 Å². The van der Waals surface area contributed by atoms with Gasteiger partial charge in [0.1, 0.15) is 11.6 Å². The average Bonchev–Trinajstić information content (AvgIpc) is 2.26. The van der Waals surface area contributed by atoms with Crippen LogP contribution in [0.3, 0.4) is 0 Å². The molecule has 0 aliphatic heterocycles. The fourth-order valence-corrected chi connectivity index (χ4v) is 1.89. The van der Waals surface area contributed by atoms with Crippen molar-refractivity contribution in [1.82, 2.24) is 14.9 Å². The Balaban J connectivity index is 2.82. The summed E-state index contributed by atoms with van der Waals surface area (Å²) >= 11 is 0. The monoisotopic (exact) mass is 250 g/mol. The highest BCUT2D eigenvalue weighted by molar-refractivity contribution is 5.37. The van der Waals surface area contributed by atoms with Crippen molar-refractivity contribution >= 4 is 5.82 Å². The molecule has 0 saturated carbocycles. The number of likely N-dealkylation sites (N-methyl/N-ethyl adjacent to an activating group) is 1. The molecule has 4 nitrogen and oxygen atoms in total. The molecule has 0 saturated heterocycles. The molecule has 1 atom stereocenters. The lowest BCUT2D eigenvalue weighted by Crippen LogP contribution is -2.36. The number of rotatable bonds is 6. The lowest BCUT2D eigenvalue weighted by atomic mass is 10.0. The quantitative estimate of drug-likeness (QED) is 0.841. The van der Waals surface area contributed by atoms with E-state index in [9.17, 15) is 0 Å². The van der Waals surface area contributed by atoms with Gasteiger partial charge in [0.15, 0.2) is 0 Å². The molecule has 1 aromatic rings. The maximum atomic E-state index is 4.47. The normalized spacial score (nSPS) is 13.1. The Kier molecular flexibility index (Phi) is 5.54. The molecule has 0 aromatic carbocycles. The summed E-state index contributed by atoms with van der Waals surface area (Å²) in [6.45, 7) is 9.53. The molecule has 1 N–H and O–H groups in total. The van der Waals surface area contributed by atoms with Crippen LogP contribution in [0.25, 0.3) is 0 Å². The van der Waals surface area contributed by atoms with Gasteiger partial charge in [-0.05, 0) is 33.4 Å². The van der Waals surface area contributed by atoms with Crippen molar-refractivity contribution in [3.05, 3.63) is 17.6 Å². The smallest absolute Gasteiger partial charge is 0.130 e. The van der Waals surface area contributed by atoms with E-state index in [2.05, 4.69) is 61.1 Å². The fourth-order valence-electron chi connectivity index (χ4n) is 1.89. The van der Waals surface area contributed by atoms with Crippen LogP contribution in [-0.2, 0) is 6.42 Å². The van der Waals surface area contributed by atoms with E-state index in [1.807, 2.05) is 6.92 Å². The van der Waals surface area contributed by atoms with Crippen LogP contribution in [0.2, 0.25) is 0 Å². The van der Waals surface area contributed by atoms with Gasteiger partial charge in [0.2, 0.25) is 0 Å². The topological polar surface area (TPSA) is 41.0 Å². The minimum atomic E-state index is 0.402. The van der Waals surface area contributed by atoms with Crippen LogP contribution in [0.1, 0.15) is 32.3 Å². The van der Waals surface area contributed by atoms with E-state index in [1.54, 1.807) is 0 Å². The molecule has 0 radical (unpaired) electrons. The molecule has 1 aromatic heterocycles. The Morgan fingerprint density at radius 3 is 2.44 bits per heavy atom. The molecule has 1 unspecified atom stereocenters. The molecular formula is C14H26N4. The molecule has 0 amide bonds. The maximum absolute atomic E-state index is 4.47. The number of anilines is 1. The van der Waals surface area contributed by atoms with E-state index >= 15 is 0 Å². The van der Waals surface area contributed by atoms with Crippen molar-refractivity contribution in [3.8, 4) is 0 Å². The van der Waals surface area contributed by atoms with Gasteiger partial charge in [-0.25, -0.2) is 9.97 Å². The summed E-state index contributed by atoms with van der Waals surface area (Å²) in [5.41, 5.74) is 1.09. The molecule has 102 valence electrons. The Hall–Kier alpha value is -1.16. The summed E-state index contributed by atoms with van der Waals surface area (Å²) < 4.78 is 0. The summed E-state index contributed by atoms with van der Waals surface area (Å²) in [6, 6.07) is 2.46. The maximum Gasteiger partial charge on any atom is 0.130 e. The van der Waals surface area contributed by atoms with Gasteiger partial charge in [-0.1, -0.05) is 20.8 Å². The number of aromatic nitrogens is 2. The van der Waals surface area contributed by atoms with Crippen LogP contribution in [0, 0.1) is 12.8 Å². The third-order valence-electron chi connectivity index (χ3n) is 2.95. The highest BCUT2D eigenvalue weighted by atomic mass is 15.1. The molecular weight excluding hydrogens is 224 g/mol. The van der Waals surface area contributed by atoms with Crippen LogP contribution < -0.4 is 5.32 Å². The van der Waals surface area contributed by atoms with Crippen LogP contribution >= 0.6 is 0 Å². The minimum absolute atomic E-state index is 0.402. The first-order chi connectivity index (χ1) is 8.42. The Labute approximate surface area is 111 Å². The predicted molar refractivity (Wildman–Crippen MR) is 76.9 cm³/mol. The zero-order chi connectivity index (χ0) is 13.7. The second-order valence-corrected chi connectivity index (χ2v) is 5.40. The Bertz CT molecular complexity index is 374. The molecule has 1 heterocycles. The summed E-state index contributed by atoms with van der Waals surface area (Å²) in [7, 11) is 4.19. The highest BCUT2D eigenvalue weighted by Crippen LogP contribution is 2.13. The molecule has 1 rings (SSSR count). The molecule has 0 spiro atoms. The fraction of sp³-hybridized carbons (Fsp3) is 0.714. The lowest BCUT2D eigenvalue weighted by Gasteiger charge is -2.26. The van der Waals surface area contributed by atoms with Crippen molar-refractivity contribution in [2.24, 2.45) is 5.92 Å². The number of aryl methyl sites for hydroxylation is 2. The third-order valence-corrected chi connectivity index (χ3v) is 2.95. The predicted octanol–water partition coefficient (Wildman–Crippen LogP) is 2.35. The summed E-state index contributed by atoms with van der Waals surface area (Å²) in [5.74, 6) is 2.34. The second-order valence-electron chi connectivity index (χ2n) is 5.40. The lowest BCUT2D eigenvalue weighted by molar-refractivity contribution is 0.344. The van der Waals surface area contributed by atoms with Gasteiger partial charge >= 0.3 is 0 Å². The van der Waals surface area contributed by atoms with Gasteiger partial charge in [0.25, 0.3) is 0 Å². The molecule has 0 aliphatic rings. The van der Waals surface area contributed by atoms with Crippen molar-refractivity contribution in [3.63, 3.8) is 0 Å². The third kappa shape index (κ3) is 4.61. The Morgan fingerprint density at radius 1 is 1.28 bits per heavy atom. The zero-order valence-corrected chi connectivity index (χ0v) is 12.5. The largest absolute Gasteiger partial charge is 0.366 e. The van der Waals surface area contributed by atoms with Crippen molar-refractivity contribution in [2.45, 2.75) is 40.2 Å². The van der Waals surface area contributed by atoms with Crippen LogP contribution in [0.4, 0.5) is 5.82 Å². The molecule has 0 aliphatic carbocycles. The summed E-state index contributed by atoms with van der Waals surface area (Å²) in [6.07, 6.45) is 0.943. The first kappa shape index (κ1) is 14.9. The van der Waals surface area contributed by atoms with E-state index < -0.39 is 0 Å². The number of hydrogen-bond donors (Lipinski definition) is 1. The van der Waals surface area contributed by atoms with Crippen molar-refractivity contribution in [2.75, 3.05) is 26.0 Å². The van der Waals surface area contributed by atoms with Gasteiger partial charge in [-0.2, -0.15) is 0 Å². The van der Waals surface area contributed by atoms with Gasteiger partial charge < -0.3 is 10.2 Å². The van der Waals surface area contributed by atoms with Gasteiger partial charge in [-0.3, -0.25) is 0 Å².